The molecule has 0 spiro atoms. The number of carbonyl (C=O) groups excluding carboxylic acids is 1. The molecular weight excluding hydrogens is 259 g/mol. The zero-order valence-electron chi connectivity index (χ0n) is 10.1. The second kappa shape index (κ2) is 5.34. The SMILES string of the molecule is CCNC(=O)C(C)S(=O)(=O)c1ccc(F)cc1N. The molecule has 3 N–H and O–H groups in total. The highest BCUT2D eigenvalue weighted by molar-refractivity contribution is 7.93. The van der Waals surface area contributed by atoms with E-state index < -0.39 is 26.8 Å². The Balaban J connectivity index is 3.17. The van der Waals surface area contributed by atoms with Gasteiger partial charge in [-0.15, -0.1) is 0 Å². The Morgan fingerprint density at radius 3 is 2.61 bits per heavy atom. The maximum atomic E-state index is 12.9. The molecule has 1 rings (SSSR count). The molecule has 1 amide bonds. The van der Waals surface area contributed by atoms with Gasteiger partial charge in [0, 0.05) is 6.54 Å². The smallest absolute Gasteiger partial charge is 0.238 e. The van der Waals surface area contributed by atoms with E-state index in [9.17, 15) is 17.6 Å². The predicted molar refractivity (Wildman–Crippen MR) is 66.1 cm³/mol. The van der Waals surface area contributed by atoms with Crippen LogP contribution in [-0.2, 0) is 14.6 Å². The van der Waals surface area contributed by atoms with Crippen molar-refractivity contribution in [2.24, 2.45) is 0 Å². The zero-order valence-corrected chi connectivity index (χ0v) is 10.9. The van der Waals surface area contributed by atoms with Crippen molar-refractivity contribution in [1.82, 2.24) is 5.32 Å². The Morgan fingerprint density at radius 1 is 1.50 bits per heavy atom. The number of halogens is 1. The summed E-state index contributed by atoms with van der Waals surface area (Å²) in [6, 6.07) is 2.97. The quantitative estimate of drug-likeness (QED) is 0.625. The number of anilines is 1. The molecule has 0 aromatic heterocycles. The number of nitrogen functional groups attached to an aromatic ring is 1. The summed E-state index contributed by atoms with van der Waals surface area (Å²) >= 11 is 0. The second-order valence-corrected chi connectivity index (χ2v) is 6.00. The molecule has 0 saturated carbocycles. The number of carbonyl (C=O) groups is 1. The standard InChI is InChI=1S/C11H15FN2O3S/c1-3-14-11(15)7(2)18(16,17)10-5-4-8(12)6-9(10)13/h4-7H,3,13H2,1-2H3,(H,14,15). The fourth-order valence-electron chi connectivity index (χ4n) is 1.43. The fraction of sp³-hybridized carbons (Fsp3) is 0.364. The molecule has 0 bridgehead atoms. The third kappa shape index (κ3) is 2.79. The van der Waals surface area contributed by atoms with E-state index in [-0.39, 0.29) is 10.6 Å². The highest BCUT2D eigenvalue weighted by Gasteiger charge is 2.30. The monoisotopic (exact) mass is 274 g/mol. The van der Waals surface area contributed by atoms with E-state index in [2.05, 4.69) is 5.32 Å². The molecular formula is C11H15FN2O3S. The van der Waals surface area contributed by atoms with Gasteiger partial charge in [0.1, 0.15) is 11.1 Å². The van der Waals surface area contributed by atoms with E-state index in [1.165, 1.54) is 6.92 Å². The molecule has 1 aromatic carbocycles. The van der Waals surface area contributed by atoms with Gasteiger partial charge in [-0.2, -0.15) is 0 Å². The van der Waals surface area contributed by atoms with Crippen LogP contribution in [-0.4, -0.2) is 26.1 Å². The summed E-state index contributed by atoms with van der Waals surface area (Å²) in [7, 11) is -3.91. The van der Waals surface area contributed by atoms with Gasteiger partial charge >= 0.3 is 0 Å². The van der Waals surface area contributed by atoms with Crippen LogP contribution in [0.4, 0.5) is 10.1 Å². The topological polar surface area (TPSA) is 89.3 Å². The average molecular weight is 274 g/mol. The number of benzene rings is 1. The summed E-state index contributed by atoms with van der Waals surface area (Å²) in [4.78, 5) is 11.3. The van der Waals surface area contributed by atoms with E-state index in [1.54, 1.807) is 6.92 Å². The first-order chi connectivity index (χ1) is 8.30. The Labute approximate surface area is 105 Å². The van der Waals surface area contributed by atoms with Crippen LogP contribution in [0.2, 0.25) is 0 Å². The van der Waals surface area contributed by atoms with E-state index >= 15 is 0 Å². The van der Waals surface area contributed by atoms with Gasteiger partial charge in [-0.1, -0.05) is 0 Å². The minimum Gasteiger partial charge on any atom is -0.398 e. The molecule has 0 aliphatic heterocycles. The maximum Gasteiger partial charge on any atom is 0.238 e. The van der Waals surface area contributed by atoms with Gasteiger partial charge in [-0.25, -0.2) is 12.8 Å². The van der Waals surface area contributed by atoms with Gasteiger partial charge in [0.15, 0.2) is 9.84 Å². The van der Waals surface area contributed by atoms with Crippen molar-refractivity contribution in [3.05, 3.63) is 24.0 Å². The second-order valence-electron chi connectivity index (χ2n) is 3.76. The lowest BCUT2D eigenvalue weighted by Gasteiger charge is -2.14. The zero-order chi connectivity index (χ0) is 13.9. The molecule has 0 fully saturated rings. The first-order valence-electron chi connectivity index (χ1n) is 5.37. The van der Waals surface area contributed by atoms with Crippen molar-refractivity contribution in [2.75, 3.05) is 12.3 Å². The Hall–Kier alpha value is -1.63. The maximum absolute atomic E-state index is 12.9. The highest BCUT2D eigenvalue weighted by atomic mass is 32.2. The molecule has 0 saturated heterocycles. The average Bonchev–Trinajstić information content (AvgIpc) is 2.27. The Morgan fingerprint density at radius 2 is 2.11 bits per heavy atom. The molecule has 7 heteroatoms. The van der Waals surface area contributed by atoms with Crippen LogP contribution in [0.25, 0.3) is 0 Å². The van der Waals surface area contributed by atoms with Crippen molar-refractivity contribution in [1.29, 1.82) is 0 Å². The summed E-state index contributed by atoms with van der Waals surface area (Å²) in [6.45, 7) is 3.28. The molecule has 18 heavy (non-hydrogen) atoms. The largest absolute Gasteiger partial charge is 0.398 e. The van der Waals surface area contributed by atoms with Gasteiger partial charge in [-0.3, -0.25) is 4.79 Å². The van der Waals surface area contributed by atoms with Crippen LogP contribution in [0.1, 0.15) is 13.8 Å². The third-order valence-electron chi connectivity index (χ3n) is 2.46. The summed E-state index contributed by atoms with van der Waals surface area (Å²) < 4.78 is 37.1. The number of nitrogens with two attached hydrogens (primary N) is 1. The third-order valence-corrected chi connectivity index (χ3v) is 4.59. The molecule has 1 atom stereocenters. The van der Waals surface area contributed by atoms with Crippen molar-refractivity contribution < 1.29 is 17.6 Å². The van der Waals surface area contributed by atoms with E-state index in [4.69, 9.17) is 5.73 Å². The molecule has 0 radical (unpaired) electrons. The van der Waals surface area contributed by atoms with Crippen molar-refractivity contribution >= 4 is 21.4 Å². The van der Waals surface area contributed by atoms with Gasteiger partial charge in [-0.05, 0) is 32.0 Å². The Kier molecular flexibility index (Phi) is 4.28. The van der Waals surface area contributed by atoms with Crippen LogP contribution in [0.5, 0.6) is 0 Å². The number of rotatable bonds is 4. The summed E-state index contributed by atoms with van der Waals surface area (Å²) in [6.07, 6.45) is 0. The fourth-order valence-corrected chi connectivity index (χ4v) is 2.82. The van der Waals surface area contributed by atoms with Crippen molar-refractivity contribution in [3.63, 3.8) is 0 Å². The summed E-state index contributed by atoms with van der Waals surface area (Å²) in [5, 5.41) is 1.15. The number of hydrogen-bond donors (Lipinski definition) is 2. The van der Waals surface area contributed by atoms with Gasteiger partial charge in [0.2, 0.25) is 5.91 Å². The van der Waals surface area contributed by atoms with Gasteiger partial charge in [0.05, 0.1) is 10.6 Å². The predicted octanol–water partition coefficient (Wildman–Crippen LogP) is 0.706. The van der Waals surface area contributed by atoms with Crippen LogP contribution < -0.4 is 11.1 Å². The first kappa shape index (κ1) is 14.4. The lowest BCUT2D eigenvalue weighted by atomic mass is 10.3. The summed E-state index contributed by atoms with van der Waals surface area (Å²) in [5.41, 5.74) is 5.27. The van der Waals surface area contributed by atoms with Crippen molar-refractivity contribution in [3.8, 4) is 0 Å². The minimum atomic E-state index is -3.91. The van der Waals surface area contributed by atoms with E-state index in [0.717, 1.165) is 18.2 Å². The molecule has 100 valence electrons. The van der Waals surface area contributed by atoms with Crippen LogP contribution >= 0.6 is 0 Å². The number of amides is 1. The van der Waals surface area contributed by atoms with E-state index in [1.807, 2.05) is 0 Å². The van der Waals surface area contributed by atoms with Gasteiger partial charge in [0.25, 0.3) is 0 Å². The van der Waals surface area contributed by atoms with E-state index in [0.29, 0.717) is 6.54 Å². The Bertz CT molecular complexity index is 557. The molecule has 0 heterocycles. The lowest BCUT2D eigenvalue weighted by molar-refractivity contribution is -0.120. The number of sulfone groups is 1. The van der Waals surface area contributed by atoms with Gasteiger partial charge < -0.3 is 11.1 Å². The normalized spacial score (nSPS) is 13.1. The number of hydrogen-bond acceptors (Lipinski definition) is 4. The molecule has 1 unspecified atom stereocenters. The lowest BCUT2D eigenvalue weighted by Crippen LogP contribution is -2.37. The number of nitrogens with one attached hydrogen (secondary N) is 1. The molecule has 5 nitrogen and oxygen atoms in total. The van der Waals surface area contributed by atoms with Crippen molar-refractivity contribution in [2.45, 2.75) is 24.0 Å². The van der Waals surface area contributed by atoms with Crippen LogP contribution in [0.3, 0.4) is 0 Å². The van der Waals surface area contributed by atoms with Crippen LogP contribution in [0, 0.1) is 5.82 Å². The molecule has 0 aliphatic carbocycles. The minimum absolute atomic E-state index is 0.203. The highest BCUT2D eigenvalue weighted by Crippen LogP contribution is 2.23. The van der Waals surface area contributed by atoms with Crippen LogP contribution in [0.15, 0.2) is 23.1 Å². The summed E-state index contributed by atoms with van der Waals surface area (Å²) in [5.74, 6) is -1.24. The first-order valence-corrected chi connectivity index (χ1v) is 6.92. The molecule has 0 aliphatic rings. The molecule has 1 aromatic rings.